The quantitative estimate of drug-likeness (QED) is 0.244. The molecule has 5 atom stereocenters. The lowest BCUT2D eigenvalue weighted by Gasteiger charge is -2.31. The average Bonchev–Trinajstić information content (AvgIpc) is 3.63. The highest BCUT2D eigenvalue weighted by atomic mass is 28.4. The predicted octanol–water partition coefficient (Wildman–Crippen LogP) is 4.63. The molecule has 43 heavy (non-hydrogen) atoms. The molecule has 2 N–H and O–H groups in total. The van der Waals surface area contributed by atoms with Gasteiger partial charge in [-0.15, -0.1) is 6.58 Å². The maximum Gasteiger partial charge on any atom is 0.264 e. The molecule has 2 saturated heterocycles. The summed E-state index contributed by atoms with van der Waals surface area (Å²) in [6, 6.07) is 11.6. The number of methoxy groups -OCH3 is 1. The van der Waals surface area contributed by atoms with Crippen LogP contribution in [0.25, 0.3) is 0 Å². The van der Waals surface area contributed by atoms with E-state index in [0.717, 1.165) is 6.42 Å². The van der Waals surface area contributed by atoms with E-state index >= 15 is 4.11 Å². The average molecular weight is 610 g/mol. The summed E-state index contributed by atoms with van der Waals surface area (Å²) in [4.78, 5) is 44.0. The number of nitrogens with zero attached hydrogens (tertiary/aromatic N) is 2. The zero-order valence-corrected chi connectivity index (χ0v) is 26.1. The highest BCUT2D eigenvalue weighted by Crippen LogP contribution is 2.60. The van der Waals surface area contributed by atoms with Gasteiger partial charge in [-0.05, 0) is 68.4 Å². The normalized spacial score (nSPS) is 26.6. The van der Waals surface area contributed by atoms with E-state index in [1.165, 1.54) is 0 Å². The van der Waals surface area contributed by atoms with E-state index < -0.39 is 31.6 Å². The molecular formula is C32H40FN3O6Si. The molecular weight excluding hydrogens is 569 g/mol. The lowest BCUT2D eigenvalue weighted by Crippen LogP contribution is -2.45. The van der Waals surface area contributed by atoms with Gasteiger partial charge in [-0.2, -0.15) is 0 Å². The van der Waals surface area contributed by atoms with Crippen molar-refractivity contribution in [3.8, 4) is 5.75 Å². The molecule has 0 saturated carbocycles. The Hall–Kier alpha value is -3.54. The molecule has 0 radical (unpaired) electrons. The van der Waals surface area contributed by atoms with E-state index in [4.69, 9.17) is 9.47 Å². The van der Waals surface area contributed by atoms with E-state index in [1.807, 2.05) is 6.92 Å². The summed E-state index contributed by atoms with van der Waals surface area (Å²) in [5.74, 6) is -0.836. The summed E-state index contributed by atoms with van der Waals surface area (Å²) in [6.07, 6.45) is 2.23. The third-order valence-electron chi connectivity index (χ3n) is 9.17. The van der Waals surface area contributed by atoms with Crippen LogP contribution in [0.3, 0.4) is 0 Å². The van der Waals surface area contributed by atoms with Crippen molar-refractivity contribution in [3.05, 3.63) is 66.2 Å². The minimum atomic E-state index is -3.47. The van der Waals surface area contributed by atoms with Crippen molar-refractivity contribution in [1.82, 2.24) is 4.90 Å². The Kier molecular flexibility index (Phi) is 8.52. The van der Waals surface area contributed by atoms with Crippen LogP contribution in [0.1, 0.15) is 42.1 Å². The second-order valence-electron chi connectivity index (χ2n) is 12.2. The molecule has 2 fully saturated rings. The predicted molar refractivity (Wildman–Crippen MR) is 164 cm³/mol. The van der Waals surface area contributed by atoms with E-state index in [1.54, 1.807) is 78.5 Å². The lowest BCUT2D eigenvalue weighted by atomic mass is 9.82. The standard InChI is InChI=1S/C32H40FN3O6Si/c1-6-15-36-26-14-11-22(34-30(39)21-9-12-24(41-3)13-10-21)17-25(26)32(31(36)40)20(2)29(43(4,5)33)27(42-32)18-28(38)35-16-7-8-23(35)19-37/h6,9-14,17,20,23,27,29,37H,1,7-8,15-16,18-19H2,2-5H3,(H,34,39)/t20-,23-,27+,29-,32+/m0/s1. The summed E-state index contributed by atoms with van der Waals surface area (Å²) < 4.78 is 28.0. The van der Waals surface area contributed by atoms with Gasteiger partial charge in [-0.3, -0.25) is 14.4 Å². The Morgan fingerprint density at radius 1 is 1.26 bits per heavy atom. The van der Waals surface area contributed by atoms with Crippen LogP contribution in [-0.4, -0.2) is 75.1 Å². The summed E-state index contributed by atoms with van der Waals surface area (Å²) >= 11 is 0. The maximum atomic E-state index is 16.1. The van der Waals surface area contributed by atoms with E-state index in [-0.39, 0.29) is 43.3 Å². The number of rotatable bonds is 9. The van der Waals surface area contributed by atoms with Crippen LogP contribution < -0.4 is 15.0 Å². The van der Waals surface area contributed by atoms with Gasteiger partial charge in [0, 0.05) is 41.4 Å². The number of aliphatic hydroxyl groups excluding tert-OH is 1. The first-order valence-electron chi connectivity index (χ1n) is 14.8. The molecule has 3 aliphatic heterocycles. The highest BCUT2D eigenvalue weighted by molar-refractivity contribution is 6.72. The van der Waals surface area contributed by atoms with Crippen molar-refractivity contribution >= 4 is 37.5 Å². The Labute approximate surface area is 252 Å². The molecule has 230 valence electrons. The second-order valence-corrected chi connectivity index (χ2v) is 16.0. The highest BCUT2D eigenvalue weighted by Gasteiger charge is 2.67. The number of nitrogens with one attached hydrogen (secondary N) is 1. The molecule has 9 nitrogen and oxygen atoms in total. The molecule has 0 bridgehead atoms. The summed E-state index contributed by atoms with van der Waals surface area (Å²) in [6.45, 7) is 9.45. The Bertz CT molecular complexity index is 1410. The van der Waals surface area contributed by atoms with Crippen LogP contribution in [-0.2, 0) is 19.9 Å². The number of carbonyl (C=O) groups excluding carboxylic acids is 3. The topological polar surface area (TPSA) is 108 Å². The molecule has 5 rings (SSSR count). The number of benzene rings is 2. The van der Waals surface area contributed by atoms with Crippen molar-refractivity contribution in [3.63, 3.8) is 0 Å². The number of amides is 3. The smallest absolute Gasteiger partial charge is 0.264 e. The largest absolute Gasteiger partial charge is 0.497 e. The monoisotopic (exact) mass is 609 g/mol. The Morgan fingerprint density at radius 3 is 2.60 bits per heavy atom. The molecule has 3 aliphatic rings. The van der Waals surface area contributed by atoms with Crippen LogP contribution in [0.4, 0.5) is 15.5 Å². The first-order valence-corrected chi connectivity index (χ1v) is 17.7. The van der Waals surface area contributed by atoms with Gasteiger partial charge < -0.3 is 33.8 Å². The van der Waals surface area contributed by atoms with E-state index in [9.17, 15) is 19.5 Å². The van der Waals surface area contributed by atoms with Crippen molar-refractivity contribution in [2.45, 2.75) is 62.6 Å². The van der Waals surface area contributed by atoms with Gasteiger partial charge in [-0.1, -0.05) is 13.0 Å². The summed E-state index contributed by atoms with van der Waals surface area (Å²) in [5, 5.41) is 12.7. The van der Waals surface area contributed by atoms with Crippen LogP contribution in [0, 0.1) is 5.92 Å². The Balaban J connectivity index is 1.51. The summed E-state index contributed by atoms with van der Waals surface area (Å²) in [7, 11) is -1.92. The molecule has 3 amide bonds. The van der Waals surface area contributed by atoms with Crippen molar-refractivity contribution in [2.24, 2.45) is 5.92 Å². The number of hydrogen-bond acceptors (Lipinski definition) is 6. The van der Waals surface area contributed by atoms with Crippen molar-refractivity contribution in [2.75, 3.05) is 37.0 Å². The molecule has 3 heterocycles. The van der Waals surface area contributed by atoms with Crippen molar-refractivity contribution < 1.29 is 33.1 Å². The zero-order valence-electron chi connectivity index (χ0n) is 25.1. The molecule has 0 aromatic heterocycles. The fourth-order valence-corrected chi connectivity index (χ4v) is 9.72. The van der Waals surface area contributed by atoms with Crippen molar-refractivity contribution in [1.29, 1.82) is 0 Å². The minimum Gasteiger partial charge on any atom is -0.497 e. The number of hydrogen-bond donors (Lipinski definition) is 2. The van der Waals surface area contributed by atoms with Crippen LogP contribution in [0.5, 0.6) is 5.75 Å². The van der Waals surface area contributed by atoms with E-state index in [2.05, 4.69) is 11.9 Å². The first kappa shape index (κ1) is 30.9. The fraction of sp³-hybridized carbons (Fsp3) is 0.469. The van der Waals surface area contributed by atoms with Crippen LogP contribution in [0.2, 0.25) is 18.6 Å². The summed E-state index contributed by atoms with van der Waals surface area (Å²) in [5.41, 5.74) is -0.164. The van der Waals surface area contributed by atoms with Crippen LogP contribution in [0.15, 0.2) is 55.1 Å². The van der Waals surface area contributed by atoms with Gasteiger partial charge in [0.25, 0.3) is 11.8 Å². The third-order valence-corrected chi connectivity index (χ3v) is 11.6. The molecule has 11 heteroatoms. The molecule has 0 aliphatic carbocycles. The molecule has 2 aromatic carbocycles. The molecule has 0 unspecified atom stereocenters. The SMILES string of the molecule is C=CCN1C(=O)[C@]2(O[C@H](CC(=O)N3CCC[C@H]3CO)[C@@H]([Si](C)(C)F)[C@@H]2C)c2cc(NC(=O)c3ccc(OC)cc3)ccc21. The number of likely N-dealkylation sites (tertiary alicyclic amines) is 1. The van der Waals surface area contributed by atoms with Gasteiger partial charge in [-0.25, -0.2) is 0 Å². The zero-order chi connectivity index (χ0) is 31.1. The van der Waals surface area contributed by atoms with Gasteiger partial charge in [0.05, 0.1) is 38.0 Å². The number of aliphatic hydroxyl groups is 1. The number of carbonyl (C=O) groups is 3. The molecule has 2 aromatic rings. The fourth-order valence-electron chi connectivity index (χ4n) is 7.22. The molecule has 1 spiro atoms. The van der Waals surface area contributed by atoms with E-state index in [0.29, 0.717) is 41.2 Å². The maximum absolute atomic E-state index is 16.1. The van der Waals surface area contributed by atoms with Gasteiger partial charge >= 0.3 is 0 Å². The van der Waals surface area contributed by atoms with Crippen LogP contribution >= 0.6 is 0 Å². The lowest BCUT2D eigenvalue weighted by molar-refractivity contribution is -0.149. The van der Waals surface area contributed by atoms with Gasteiger partial charge in [0.2, 0.25) is 14.3 Å². The first-order chi connectivity index (χ1) is 20.5. The minimum absolute atomic E-state index is 0.0778. The van der Waals surface area contributed by atoms with Gasteiger partial charge in [0.1, 0.15) is 5.75 Å². The number of ether oxygens (including phenoxy) is 2. The van der Waals surface area contributed by atoms with Gasteiger partial charge in [0.15, 0.2) is 5.60 Å². The Morgan fingerprint density at radius 2 is 1.98 bits per heavy atom. The third kappa shape index (κ3) is 5.38. The second kappa shape index (κ2) is 11.9. The number of fused-ring (bicyclic) bond motifs is 2. The number of anilines is 2. The number of halogens is 1.